The molecule has 0 bridgehead atoms. The normalized spacial score (nSPS) is 13.9. The fourth-order valence-electron chi connectivity index (χ4n) is 1.55. The van der Waals surface area contributed by atoms with Crippen LogP contribution in [-0.4, -0.2) is 19.0 Å². The number of hydrogen-bond acceptors (Lipinski definition) is 3. The summed E-state index contributed by atoms with van der Waals surface area (Å²) in [7, 11) is -3.42. The molecule has 5 nitrogen and oxygen atoms in total. The number of aromatic nitrogens is 1. The second kappa shape index (κ2) is 5.66. The third-order valence-corrected chi connectivity index (χ3v) is 4.35. The van der Waals surface area contributed by atoms with Gasteiger partial charge in [0.25, 0.3) is 0 Å². The van der Waals surface area contributed by atoms with Gasteiger partial charge in [0.15, 0.2) is 0 Å². The number of nitrogens with one attached hydrogen (secondary N) is 1. The highest BCUT2D eigenvalue weighted by Gasteiger charge is 2.19. The molecule has 0 saturated carbocycles. The van der Waals surface area contributed by atoms with Gasteiger partial charge in [-0.2, -0.15) is 0 Å². The van der Waals surface area contributed by atoms with Crippen molar-refractivity contribution in [2.75, 3.05) is 0 Å². The van der Waals surface area contributed by atoms with Gasteiger partial charge in [-0.3, -0.25) is 0 Å². The molecule has 0 saturated heterocycles. The molecule has 1 heterocycles. The Labute approximate surface area is 103 Å². The zero-order chi connectivity index (χ0) is 13.1. The van der Waals surface area contributed by atoms with E-state index in [1.54, 1.807) is 12.3 Å². The Morgan fingerprint density at radius 3 is 2.53 bits per heavy atom. The topological polar surface area (TPSA) is 77.1 Å². The minimum Gasteiger partial charge on any atom is -0.349 e. The number of rotatable bonds is 6. The maximum absolute atomic E-state index is 12.0. The quantitative estimate of drug-likeness (QED) is 0.801. The van der Waals surface area contributed by atoms with Crippen LogP contribution in [0, 0.1) is 0 Å². The van der Waals surface area contributed by atoms with Gasteiger partial charge in [0, 0.05) is 31.0 Å². The van der Waals surface area contributed by atoms with Crippen LogP contribution in [0.15, 0.2) is 17.2 Å². The summed E-state index contributed by atoms with van der Waals surface area (Å²) in [6.07, 6.45) is 2.39. The molecule has 0 fully saturated rings. The summed E-state index contributed by atoms with van der Waals surface area (Å²) in [6.45, 7) is 6.80. The summed E-state index contributed by atoms with van der Waals surface area (Å²) in [4.78, 5) is 0.292. The third kappa shape index (κ3) is 3.31. The Balaban J connectivity index is 3.03. The lowest BCUT2D eigenvalue weighted by molar-refractivity contribution is 0.555. The van der Waals surface area contributed by atoms with E-state index in [1.807, 2.05) is 25.3 Å². The summed E-state index contributed by atoms with van der Waals surface area (Å²) in [5.41, 5.74) is 6.40. The second-order valence-electron chi connectivity index (χ2n) is 4.09. The Morgan fingerprint density at radius 1 is 1.47 bits per heavy atom. The number of nitrogens with two attached hydrogens (primary N) is 1. The first kappa shape index (κ1) is 14.2. The zero-order valence-electron chi connectivity index (χ0n) is 10.6. The van der Waals surface area contributed by atoms with Gasteiger partial charge in [-0.25, -0.2) is 13.1 Å². The van der Waals surface area contributed by atoms with Gasteiger partial charge in [0.05, 0.1) is 4.90 Å². The molecule has 1 unspecified atom stereocenters. The Morgan fingerprint density at radius 2 is 2.12 bits per heavy atom. The molecule has 0 spiro atoms. The van der Waals surface area contributed by atoms with Gasteiger partial charge in [-0.1, -0.05) is 6.92 Å². The minimum absolute atomic E-state index is 0.0636. The predicted octanol–water partition coefficient (Wildman–Crippen LogP) is 1.04. The highest BCUT2D eigenvalue weighted by atomic mass is 32.2. The first-order valence-corrected chi connectivity index (χ1v) is 7.34. The molecule has 0 amide bonds. The van der Waals surface area contributed by atoms with Gasteiger partial charge in [0.2, 0.25) is 10.0 Å². The summed E-state index contributed by atoms with van der Waals surface area (Å²) < 4.78 is 28.5. The van der Waals surface area contributed by atoms with Crippen molar-refractivity contribution in [3.63, 3.8) is 0 Å². The summed E-state index contributed by atoms with van der Waals surface area (Å²) in [5, 5.41) is 0. The van der Waals surface area contributed by atoms with Crippen molar-refractivity contribution in [3.8, 4) is 0 Å². The van der Waals surface area contributed by atoms with Gasteiger partial charge in [-0.05, 0) is 26.3 Å². The fraction of sp³-hybridized carbons (Fsp3) is 0.636. The Kier molecular flexibility index (Phi) is 4.73. The summed E-state index contributed by atoms with van der Waals surface area (Å²) in [5.74, 6) is 0. The van der Waals surface area contributed by atoms with E-state index >= 15 is 0 Å². The monoisotopic (exact) mass is 259 g/mol. The predicted molar refractivity (Wildman–Crippen MR) is 68.1 cm³/mol. The summed E-state index contributed by atoms with van der Waals surface area (Å²) in [6, 6.07) is 1.57. The fourth-order valence-corrected chi connectivity index (χ4v) is 2.94. The van der Waals surface area contributed by atoms with Crippen LogP contribution in [0.5, 0.6) is 0 Å². The van der Waals surface area contributed by atoms with Gasteiger partial charge in [-0.15, -0.1) is 0 Å². The van der Waals surface area contributed by atoms with Crippen LogP contribution in [0.2, 0.25) is 0 Å². The van der Waals surface area contributed by atoms with E-state index in [-0.39, 0.29) is 6.04 Å². The maximum Gasteiger partial charge on any atom is 0.242 e. The van der Waals surface area contributed by atoms with Crippen LogP contribution in [0.4, 0.5) is 0 Å². The molecule has 98 valence electrons. The van der Waals surface area contributed by atoms with Crippen LogP contribution in [0.3, 0.4) is 0 Å². The van der Waals surface area contributed by atoms with E-state index in [0.717, 1.165) is 12.1 Å². The smallest absolute Gasteiger partial charge is 0.242 e. The van der Waals surface area contributed by atoms with Crippen LogP contribution in [0.1, 0.15) is 32.9 Å². The Bertz CT molecular complexity index is 444. The molecule has 1 aromatic rings. The third-order valence-electron chi connectivity index (χ3n) is 2.79. The number of aryl methyl sites for hydroxylation is 1. The molecular formula is C11H21N3O2S. The molecule has 17 heavy (non-hydrogen) atoms. The summed E-state index contributed by atoms with van der Waals surface area (Å²) >= 11 is 0. The van der Waals surface area contributed by atoms with E-state index < -0.39 is 10.0 Å². The average molecular weight is 259 g/mol. The van der Waals surface area contributed by atoms with Crippen LogP contribution >= 0.6 is 0 Å². The molecule has 0 aliphatic rings. The SMILES string of the molecule is CCC(C)NS(=O)(=O)c1cc(CN)n(CC)c1. The molecule has 1 atom stereocenters. The van der Waals surface area contributed by atoms with Crippen molar-refractivity contribution in [1.29, 1.82) is 0 Å². The highest BCUT2D eigenvalue weighted by molar-refractivity contribution is 7.89. The molecule has 0 aliphatic heterocycles. The molecule has 0 radical (unpaired) electrons. The Hall–Kier alpha value is -0.850. The lowest BCUT2D eigenvalue weighted by atomic mass is 10.3. The van der Waals surface area contributed by atoms with E-state index in [2.05, 4.69) is 4.72 Å². The molecule has 1 aromatic heterocycles. The van der Waals surface area contributed by atoms with E-state index in [1.165, 1.54) is 0 Å². The zero-order valence-corrected chi connectivity index (χ0v) is 11.4. The molecular weight excluding hydrogens is 238 g/mol. The number of nitrogens with zero attached hydrogens (tertiary/aromatic N) is 1. The second-order valence-corrected chi connectivity index (χ2v) is 5.80. The van der Waals surface area contributed by atoms with Crippen LogP contribution in [-0.2, 0) is 23.1 Å². The van der Waals surface area contributed by atoms with Gasteiger partial charge < -0.3 is 10.3 Å². The molecule has 1 rings (SSSR count). The van der Waals surface area contributed by atoms with Crippen molar-refractivity contribution in [1.82, 2.24) is 9.29 Å². The maximum atomic E-state index is 12.0. The number of sulfonamides is 1. The lowest BCUT2D eigenvalue weighted by Gasteiger charge is -2.10. The largest absolute Gasteiger partial charge is 0.349 e. The molecule has 3 N–H and O–H groups in total. The molecule has 6 heteroatoms. The number of hydrogen-bond donors (Lipinski definition) is 2. The molecule has 0 aliphatic carbocycles. The highest BCUT2D eigenvalue weighted by Crippen LogP contribution is 2.15. The minimum atomic E-state index is -3.42. The van der Waals surface area contributed by atoms with E-state index in [4.69, 9.17) is 5.73 Å². The van der Waals surface area contributed by atoms with Crippen LogP contribution < -0.4 is 10.5 Å². The van der Waals surface area contributed by atoms with Crippen LogP contribution in [0.25, 0.3) is 0 Å². The standard InChI is InChI=1S/C11H21N3O2S/c1-4-9(3)13-17(15,16)11-6-10(7-12)14(5-2)8-11/h6,8-9,13H,4-5,7,12H2,1-3H3. The first-order valence-electron chi connectivity index (χ1n) is 5.86. The van der Waals surface area contributed by atoms with Crippen molar-refractivity contribution in [3.05, 3.63) is 18.0 Å². The van der Waals surface area contributed by atoms with Crippen molar-refractivity contribution in [2.24, 2.45) is 5.73 Å². The van der Waals surface area contributed by atoms with Crippen molar-refractivity contribution >= 4 is 10.0 Å². The van der Waals surface area contributed by atoms with E-state index in [9.17, 15) is 8.42 Å². The average Bonchev–Trinajstić information content (AvgIpc) is 2.72. The van der Waals surface area contributed by atoms with Crippen molar-refractivity contribution in [2.45, 2.75) is 51.2 Å². The van der Waals surface area contributed by atoms with Gasteiger partial charge in [0.1, 0.15) is 0 Å². The first-order chi connectivity index (χ1) is 7.94. The van der Waals surface area contributed by atoms with Crippen molar-refractivity contribution < 1.29 is 8.42 Å². The van der Waals surface area contributed by atoms with Gasteiger partial charge >= 0.3 is 0 Å². The van der Waals surface area contributed by atoms with E-state index in [0.29, 0.717) is 18.0 Å². The lowest BCUT2D eigenvalue weighted by Crippen LogP contribution is -2.31. The molecule has 0 aromatic carbocycles.